The molecule has 2 heterocycles. The molecule has 0 fully saturated rings. The number of pyridine rings is 2. The van der Waals surface area contributed by atoms with Crippen LogP contribution in [0.3, 0.4) is 0 Å². The van der Waals surface area contributed by atoms with Crippen LogP contribution < -0.4 is 0 Å². The van der Waals surface area contributed by atoms with Crippen LogP contribution in [-0.2, 0) is 5.88 Å². The topological polar surface area (TPSA) is 25.8 Å². The van der Waals surface area contributed by atoms with Gasteiger partial charge in [-0.1, -0.05) is 6.07 Å². The zero-order chi connectivity index (χ0) is 10.7. The summed E-state index contributed by atoms with van der Waals surface area (Å²) in [5, 5.41) is 0. The number of hydrogen-bond acceptors (Lipinski definition) is 2. The molecule has 0 bridgehead atoms. The van der Waals surface area contributed by atoms with Gasteiger partial charge in [0.2, 0.25) is 5.95 Å². The molecule has 2 nitrogen and oxygen atoms in total. The molecule has 0 radical (unpaired) electrons. The Labute approximate surface area is 91.8 Å². The number of aromatic nitrogens is 2. The van der Waals surface area contributed by atoms with E-state index in [0.29, 0.717) is 5.69 Å². The van der Waals surface area contributed by atoms with Crippen molar-refractivity contribution in [3.63, 3.8) is 0 Å². The van der Waals surface area contributed by atoms with Crippen molar-refractivity contribution in [3.05, 3.63) is 48.3 Å². The zero-order valence-electron chi connectivity index (χ0n) is 7.82. The lowest BCUT2D eigenvalue weighted by atomic mass is 10.1. The van der Waals surface area contributed by atoms with Crippen molar-refractivity contribution in [2.24, 2.45) is 0 Å². The highest BCUT2D eigenvalue weighted by Crippen LogP contribution is 2.22. The molecule has 0 spiro atoms. The maximum Gasteiger partial charge on any atom is 0.213 e. The van der Waals surface area contributed by atoms with Gasteiger partial charge in [-0.25, -0.2) is 4.98 Å². The van der Waals surface area contributed by atoms with Gasteiger partial charge in [0.25, 0.3) is 0 Å². The Morgan fingerprint density at radius 3 is 2.80 bits per heavy atom. The predicted molar refractivity (Wildman–Crippen MR) is 57.0 cm³/mol. The summed E-state index contributed by atoms with van der Waals surface area (Å²) in [5.74, 6) is -0.333. The van der Waals surface area contributed by atoms with Crippen LogP contribution in [0.2, 0.25) is 0 Å². The fraction of sp³-hybridized carbons (Fsp3) is 0.0909. The lowest BCUT2D eigenvalue weighted by Crippen LogP contribution is -1.94. The Hall–Kier alpha value is -1.48. The van der Waals surface area contributed by atoms with Gasteiger partial charge in [-0.2, -0.15) is 4.39 Å². The van der Waals surface area contributed by atoms with Crippen molar-refractivity contribution in [1.29, 1.82) is 0 Å². The molecule has 0 atom stereocenters. The largest absolute Gasteiger partial charge is 0.264 e. The third-order valence-corrected chi connectivity index (χ3v) is 2.29. The second-order valence-corrected chi connectivity index (χ2v) is 3.27. The second kappa shape index (κ2) is 4.36. The van der Waals surface area contributed by atoms with Crippen molar-refractivity contribution in [3.8, 4) is 11.1 Å². The van der Waals surface area contributed by atoms with Crippen molar-refractivity contribution < 1.29 is 4.39 Å². The summed E-state index contributed by atoms with van der Waals surface area (Å²) in [5.41, 5.74) is 2.24. The molecule has 2 rings (SSSR count). The summed E-state index contributed by atoms with van der Waals surface area (Å²) in [7, 11) is 0. The Balaban J connectivity index is 2.53. The van der Waals surface area contributed by atoms with Crippen LogP contribution in [0, 0.1) is 5.95 Å². The second-order valence-electron chi connectivity index (χ2n) is 3.00. The first-order valence-corrected chi connectivity index (χ1v) is 4.96. The van der Waals surface area contributed by atoms with Gasteiger partial charge >= 0.3 is 0 Å². The van der Waals surface area contributed by atoms with Gasteiger partial charge in [-0.3, -0.25) is 4.98 Å². The van der Waals surface area contributed by atoms with Crippen molar-refractivity contribution in [2.45, 2.75) is 5.88 Å². The van der Waals surface area contributed by atoms with Crippen LogP contribution in [0.25, 0.3) is 11.1 Å². The molecule has 0 saturated heterocycles. The summed E-state index contributed by atoms with van der Waals surface area (Å²) >= 11 is 5.70. The summed E-state index contributed by atoms with van der Waals surface area (Å²) in [6, 6.07) is 6.68. The quantitative estimate of drug-likeness (QED) is 0.577. The SMILES string of the molecule is Fc1ccc(-c2cccnc2)c(CCl)n1. The standard InChI is InChI=1S/C11H8ClFN2/c12-6-10-9(3-4-11(13)15-10)8-2-1-5-14-7-8/h1-5,7H,6H2. The van der Waals surface area contributed by atoms with E-state index in [1.165, 1.54) is 6.07 Å². The van der Waals surface area contributed by atoms with E-state index in [4.69, 9.17) is 11.6 Å². The summed E-state index contributed by atoms with van der Waals surface area (Å²) < 4.78 is 12.9. The number of halogens is 2. The number of nitrogens with zero attached hydrogens (tertiary/aromatic N) is 2. The summed E-state index contributed by atoms with van der Waals surface area (Å²) in [4.78, 5) is 7.74. The van der Waals surface area contributed by atoms with Crippen LogP contribution in [0.15, 0.2) is 36.7 Å². The van der Waals surface area contributed by atoms with Crippen LogP contribution in [0.4, 0.5) is 4.39 Å². The maximum atomic E-state index is 12.9. The Bertz CT molecular complexity index is 459. The lowest BCUT2D eigenvalue weighted by molar-refractivity contribution is 0.580. The number of rotatable bonds is 2. The van der Waals surface area contributed by atoms with Crippen LogP contribution in [0.5, 0.6) is 0 Å². The smallest absolute Gasteiger partial charge is 0.213 e. The van der Waals surface area contributed by atoms with Gasteiger partial charge in [-0.15, -0.1) is 11.6 Å². The molecule has 0 aromatic carbocycles. The molecule has 0 aliphatic rings. The molecule has 0 aliphatic carbocycles. The minimum atomic E-state index is -0.515. The minimum absolute atomic E-state index is 0.183. The van der Waals surface area contributed by atoms with Gasteiger partial charge < -0.3 is 0 Å². The molecule has 0 aliphatic heterocycles. The van der Waals surface area contributed by atoms with Gasteiger partial charge in [-0.05, 0) is 18.2 Å². The van der Waals surface area contributed by atoms with E-state index >= 15 is 0 Å². The van der Waals surface area contributed by atoms with E-state index in [-0.39, 0.29) is 5.88 Å². The zero-order valence-corrected chi connectivity index (χ0v) is 8.58. The fourth-order valence-corrected chi connectivity index (χ4v) is 1.57. The number of hydrogen-bond donors (Lipinski definition) is 0. The highest BCUT2D eigenvalue weighted by atomic mass is 35.5. The molecule has 2 aromatic heterocycles. The monoisotopic (exact) mass is 222 g/mol. The third kappa shape index (κ3) is 2.13. The fourth-order valence-electron chi connectivity index (χ4n) is 1.36. The third-order valence-electron chi connectivity index (χ3n) is 2.04. The molecule has 76 valence electrons. The molecule has 15 heavy (non-hydrogen) atoms. The van der Waals surface area contributed by atoms with E-state index in [1.807, 2.05) is 12.1 Å². The van der Waals surface area contributed by atoms with Gasteiger partial charge in [0.1, 0.15) is 0 Å². The Morgan fingerprint density at radius 1 is 1.27 bits per heavy atom. The molecule has 4 heteroatoms. The molecular weight excluding hydrogens is 215 g/mol. The first kappa shape index (κ1) is 10.1. The van der Waals surface area contributed by atoms with Gasteiger partial charge in [0, 0.05) is 23.5 Å². The first-order chi connectivity index (χ1) is 7.31. The molecule has 0 amide bonds. The van der Waals surface area contributed by atoms with Crippen LogP contribution in [0.1, 0.15) is 5.69 Å². The predicted octanol–water partition coefficient (Wildman–Crippen LogP) is 3.02. The van der Waals surface area contributed by atoms with Crippen LogP contribution >= 0.6 is 11.6 Å². The highest BCUT2D eigenvalue weighted by Gasteiger charge is 2.06. The Morgan fingerprint density at radius 2 is 2.13 bits per heavy atom. The first-order valence-electron chi connectivity index (χ1n) is 4.43. The average Bonchev–Trinajstić information content (AvgIpc) is 2.30. The molecule has 0 N–H and O–H groups in total. The van der Waals surface area contributed by atoms with E-state index < -0.39 is 5.95 Å². The van der Waals surface area contributed by atoms with Gasteiger partial charge in [0.05, 0.1) is 11.6 Å². The lowest BCUT2D eigenvalue weighted by Gasteiger charge is -2.05. The van der Waals surface area contributed by atoms with E-state index in [0.717, 1.165) is 11.1 Å². The summed E-state index contributed by atoms with van der Waals surface area (Å²) in [6.45, 7) is 0. The van der Waals surface area contributed by atoms with E-state index in [2.05, 4.69) is 9.97 Å². The van der Waals surface area contributed by atoms with Gasteiger partial charge in [0.15, 0.2) is 0 Å². The van der Waals surface area contributed by atoms with Crippen molar-refractivity contribution in [1.82, 2.24) is 9.97 Å². The van der Waals surface area contributed by atoms with Crippen molar-refractivity contribution in [2.75, 3.05) is 0 Å². The van der Waals surface area contributed by atoms with E-state index in [9.17, 15) is 4.39 Å². The average molecular weight is 223 g/mol. The van der Waals surface area contributed by atoms with Crippen molar-refractivity contribution >= 4 is 11.6 Å². The normalized spacial score (nSPS) is 10.3. The number of alkyl halides is 1. The van der Waals surface area contributed by atoms with Crippen LogP contribution in [-0.4, -0.2) is 9.97 Å². The molecule has 2 aromatic rings. The highest BCUT2D eigenvalue weighted by molar-refractivity contribution is 6.17. The maximum absolute atomic E-state index is 12.9. The molecule has 0 unspecified atom stereocenters. The molecular formula is C11H8ClFN2. The Kier molecular flexibility index (Phi) is 2.92. The summed E-state index contributed by atoms with van der Waals surface area (Å²) in [6.07, 6.45) is 3.38. The minimum Gasteiger partial charge on any atom is -0.264 e. The van der Waals surface area contributed by atoms with E-state index in [1.54, 1.807) is 18.5 Å². The molecule has 0 saturated carbocycles.